The summed E-state index contributed by atoms with van der Waals surface area (Å²) >= 11 is 6.48. The summed E-state index contributed by atoms with van der Waals surface area (Å²) in [5.74, 6) is -0.188. The van der Waals surface area contributed by atoms with E-state index in [2.05, 4.69) is 5.16 Å². The summed E-state index contributed by atoms with van der Waals surface area (Å²) in [4.78, 5) is 16.0. The van der Waals surface area contributed by atoms with Crippen LogP contribution >= 0.6 is 11.6 Å². The third-order valence-corrected chi connectivity index (χ3v) is 8.01. The summed E-state index contributed by atoms with van der Waals surface area (Å²) in [5, 5.41) is 4.62. The van der Waals surface area contributed by atoms with Crippen LogP contribution in [0, 0.1) is 11.7 Å². The van der Waals surface area contributed by atoms with Gasteiger partial charge in [0.2, 0.25) is 0 Å². The zero-order valence-electron chi connectivity index (χ0n) is 23.4. The molecule has 2 saturated heterocycles. The van der Waals surface area contributed by atoms with Crippen molar-refractivity contribution >= 4 is 17.4 Å². The highest BCUT2D eigenvalue weighted by Crippen LogP contribution is 2.38. The third-order valence-electron chi connectivity index (χ3n) is 7.68. The van der Waals surface area contributed by atoms with Crippen molar-refractivity contribution in [1.29, 1.82) is 0 Å². The maximum atomic E-state index is 15.1. The molecule has 2 fully saturated rings. The average Bonchev–Trinajstić information content (AvgIpc) is 3.44. The molecule has 0 spiro atoms. The molecule has 3 heterocycles. The van der Waals surface area contributed by atoms with Gasteiger partial charge in [0.25, 0.3) is 0 Å². The van der Waals surface area contributed by atoms with Crippen LogP contribution < -0.4 is 9.47 Å². The Morgan fingerprint density at radius 1 is 1.07 bits per heavy atom. The largest absolute Gasteiger partial charge is 0.489 e. The minimum atomic E-state index is -0.667. The van der Waals surface area contributed by atoms with E-state index >= 15 is 4.39 Å². The summed E-state index contributed by atoms with van der Waals surface area (Å²) < 4.78 is 50.7. The molecule has 0 saturated carbocycles. The van der Waals surface area contributed by atoms with Crippen molar-refractivity contribution in [3.63, 3.8) is 0 Å². The number of likely N-dealkylation sites (tertiary alicyclic amines) is 1. The standard InChI is InChI=1S/C33H31ClF2N2O5/c34-26-6-2-1-5-25(26)31-30(33(43-37-31)22-8-11-24(12-9-22)42-29-7-3-4-15-41-29)32(39)23-10-13-28(27(36)17-23)40-16-14-38-19-21(18-35)20-38/h1-2,5-6,8-13,17,21,29H,3-4,7,14-16,18-20H2. The van der Waals surface area contributed by atoms with Crippen molar-refractivity contribution < 1.29 is 32.3 Å². The highest BCUT2D eigenvalue weighted by molar-refractivity contribution is 6.33. The quantitative estimate of drug-likeness (QED) is 0.166. The van der Waals surface area contributed by atoms with Crippen molar-refractivity contribution in [3.8, 4) is 34.1 Å². The molecule has 1 unspecified atom stereocenters. The lowest BCUT2D eigenvalue weighted by Crippen LogP contribution is -2.49. The second-order valence-electron chi connectivity index (χ2n) is 10.8. The number of halogens is 3. The van der Waals surface area contributed by atoms with E-state index in [1.54, 1.807) is 48.5 Å². The molecule has 0 aliphatic carbocycles. The van der Waals surface area contributed by atoms with E-state index in [0.717, 1.165) is 25.3 Å². The summed E-state index contributed by atoms with van der Waals surface area (Å²) in [6.45, 7) is 2.51. The number of rotatable bonds is 11. The van der Waals surface area contributed by atoms with Crippen molar-refractivity contribution in [2.24, 2.45) is 5.92 Å². The molecule has 2 aliphatic heterocycles. The number of hydrogen-bond donors (Lipinski definition) is 0. The van der Waals surface area contributed by atoms with E-state index < -0.39 is 11.6 Å². The normalized spacial score (nSPS) is 17.4. The van der Waals surface area contributed by atoms with Crippen molar-refractivity contribution in [2.45, 2.75) is 25.6 Å². The Labute approximate surface area is 253 Å². The zero-order chi connectivity index (χ0) is 29.8. The first-order valence-electron chi connectivity index (χ1n) is 14.4. The second kappa shape index (κ2) is 13.2. The number of benzene rings is 3. The molecule has 2 aliphatic rings. The summed E-state index contributed by atoms with van der Waals surface area (Å²) in [5.41, 5.74) is 1.62. The Hall–Kier alpha value is -3.79. The molecule has 1 aromatic heterocycles. The maximum Gasteiger partial charge on any atom is 0.199 e. The number of aromatic nitrogens is 1. The molecule has 4 aromatic rings. The van der Waals surface area contributed by atoms with Gasteiger partial charge < -0.3 is 18.7 Å². The van der Waals surface area contributed by atoms with Gasteiger partial charge in [0.1, 0.15) is 18.1 Å². The molecule has 7 nitrogen and oxygen atoms in total. The van der Waals surface area contributed by atoms with Gasteiger partial charge in [-0.05, 0) is 61.4 Å². The Kier molecular flexibility index (Phi) is 9.02. The maximum absolute atomic E-state index is 15.1. The molecule has 10 heteroatoms. The lowest BCUT2D eigenvalue weighted by molar-refractivity contribution is -0.105. The zero-order valence-corrected chi connectivity index (χ0v) is 24.2. The van der Waals surface area contributed by atoms with Gasteiger partial charge in [-0.2, -0.15) is 0 Å². The van der Waals surface area contributed by atoms with E-state index in [4.69, 9.17) is 30.3 Å². The lowest BCUT2D eigenvalue weighted by atomic mass is 9.95. The van der Waals surface area contributed by atoms with Crippen LogP contribution in [0.25, 0.3) is 22.6 Å². The summed E-state index contributed by atoms with van der Waals surface area (Å²) in [7, 11) is 0. The van der Waals surface area contributed by atoms with Gasteiger partial charge in [0, 0.05) is 48.7 Å². The van der Waals surface area contributed by atoms with Gasteiger partial charge in [0.15, 0.2) is 29.4 Å². The molecule has 3 aromatic carbocycles. The molecule has 1 atom stereocenters. The van der Waals surface area contributed by atoms with Gasteiger partial charge in [0.05, 0.1) is 23.9 Å². The Morgan fingerprint density at radius 3 is 2.60 bits per heavy atom. The molecule has 0 amide bonds. The molecule has 224 valence electrons. The summed E-state index contributed by atoms with van der Waals surface area (Å²) in [6.07, 6.45) is 2.60. The minimum absolute atomic E-state index is 0.0357. The van der Waals surface area contributed by atoms with E-state index in [0.29, 0.717) is 48.1 Å². The first-order valence-corrected chi connectivity index (χ1v) is 14.8. The SMILES string of the molecule is O=C(c1ccc(OCCN2CC(CF)C2)c(F)c1)c1c(-c2ccccc2Cl)noc1-c1ccc(OC2CCCCO2)cc1. The average molecular weight is 609 g/mol. The fourth-order valence-corrected chi connectivity index (χ4v) is 5.55. The number of hydrogen-bond acceptors (Lipinski definition) is 7. The first kappa shape index (κ1) is 29.3. The lowest BCUT2D eigenvalue weighted by Gasteiger charge is -2.37. The molecule has 43 heavy (non-hydrogen) atoms. The van der Waals surface area contributed by atoms with Gasteiger partial charge in [-0.3, -0.25) is 14.1 Å². The fourth-order valence-electron chi connectivity index (χ4n) is 5.32. The summed E-state index contributed by atoms with van der Waals surface area (Å²) in [6, 6.07) is 18.2. The Morgan fingerprint density at radius 2 is 1.88 bits per heavy atom. The number of ketones is 1. The molecule has 0 bridgehead atoms. The minimum Gasteiger partial charge on any atom is -0.489 e. The highest BCUT2D eigenvalue weighted by Gasteiger charge is 2.29. The van der Waals surface area contributed by atoms with Gasteiger partial charge in [-0.1, -0.05) is 35.0 Å². The van der Waals surface area contributed by atoms with Crippen LogP contribution in [0.5, 0.6) is 11.5 Å². The van der Waals surface area contributed by atoms with Crippen LogP contribution in [0.4, 0.5) is 8.78 Å². The number of nitrogens with zero attached hydrogens (tertiary/aromatic N) is 2. The predicted molar refractivity (Wildman–Crippen MR) is 158 cm³/mol. The highest BCUT2D eigenvalue weighted by atomic mass is 35.5. The van der Waals surface area contributed by atoms with E-state index in [-0.39, 0.29) is 53.8 Å². The fraction of sp³-hybridized carbons (Fsp3) is 0.333. The van der Waals surface area contributed by atoms with Gasteiger partial charge in [-0.15, -0.1) is 0 Å². The molecule has 0 radical (unpaired) electrons. The number of carbonyl (C=O) groups excluding carboxylic acids is 1. The van der Waals surface area contributed by atoms with Crippen LogP contribution in [0.3, 0.4) is 0 Å². The van der Waals surface area contributed by atoms with Gasteiger partial charge >= 0.3 is 0 Å². The van der Waals surface area contributed by atoms with Crippen LogP contribution in [-0.2, 0) is 4.74 Å². The first-order chi connectivity index (χ1) is 21.0. The number of alkyl halides is 1. The predicted octanol–water partition coefficient (Wildman–Crippen LogP) is 7.22. The number of carbonyl (C=O) groups is 1. The molecular formula is C33H31ClF2N2O5. The molecule has 6 rings (SSSR count). The Bertz CT molecular complexity index is 1570. The topological polar surface area (TPSA) is 74.0 Å². The van der Waals surface area contributed by atoms with Crippen LogP contribution in [0.2, 0.25) is 5.02 Å². The number of ether oxygens (including phenoxy) is 3. The van der Waals surface area contributed by atoms with E-state index in [9.17, 15) is 9.18 Å². The smallest absolute Gasteiger partial charge is 0.199 e. The van der Waals surface area contributed by atoms with Crippen LogP contribution in [0.1, 0.15) is 35.2 Å². The molecular weight excluding hydrogens is 578 g/mol. The van der Waals surface area contributed by atoms with E-state index in [1.165, 1.54) is 12.1 Å². The van der Waals surface area contributed by atoms with E-state index in [1.807, 2.05) is 4.90 Å². The Balaban J connectivity index is 1.25. The van der Waals surface area contributed by atoms with Crippen molar-refractivity contribution in [2.75, 3.05) is 39.5 Å². The van der Waals surface area contributed by atoms with Crippen LogP contribution in [0.15, 0.2) is 71.3 Å². The van der Waals surface area contributed by atoms with Gasteiger partial charge in [-0.25, -0.2) is 4.39 Å². The molecule has 0 N–H and O–H groups in total. The third kappa shape index (κ3) is 6.59. The van der Waals surface area contributed by atoms with Crippen molar-refractivity contribution in [1.82, 2.24) is 10.1 Å². The van der Waals surface area contributed by atoms with Crippen LogP contribution in [-0.4, -0.2) is 61.7 Å². The second-order valence-corrected chi connectivity index (χ2v) is 11.2. The van der Waals surface area contributed by atoms with Crippen molar-refractivity contribution in [3.05, 3.63) is 88.7 Å². The monoisotopic (exact) mass is 608 g/mol.